The van der Waals surface area contributed by atoms with Gasteiger partial charge in [-0.3, -0.25) is 0 Å². The van der Waals surface area contributed by atoms with Gasteiger partial charge in [0.15, 0.2) is 0 Å². The molecule has 154 valence electrons. The van der Waals surface area contributed by atoms with Crippen LogP contribution in [0.25, 0.3) is 0 Å². The van der Waals surface area contributed by atoms with Crippen LogP contribution < -0.4 is 10.6 Å². The number of alkyl carbamates (subject to hydrolysis) is 2. The van der Waals surface area contributed by atoms with Crippen molar-refractivity contribution < 1.29 is 27.9 Å². The third-order valence-corrected chi connectivity index (χ3v) is 6.59. The Bertz CT molecular complexity index is 391. The molecule has 0 aromatic heterocycles. The number of carbonyl (C=O) groups is 2. The normalized spacial score (nSPS) is 12.3. The van der Waals surface area contributed by atoms with Gasteiger partial charge in [0.25, 0.3) is 0 Å². The molecule has 0 saturated heterocycles. The number of carbonyl (C=O) groups excluding carboxylic acids is 2. The predicted molar refractivity (Wildman–Crippen MR) is 102 cm³/mol. The smallest absolute Gasteiger partial charge is 0.407 e. The quantitative estimate of drug-likeness (QED) is 0.348. The predicted octanol–water partition coefficient (Wildman–Crippen LogP) is 3.16. The minimum absolute atomic E-state index is 0.0113. The second kappa shape index (κ2) is 14.8. The van der Waals surface area contributed by atoms with Gasteiger partial charge in [0, 0.05) is 26.3 Å². The molecule has 1 unspecified atom stereocenters. The average molecular weight is 393 g/mol. The minimum atomic E-state index is -2.15. The summed E-state index contributed by atoms with van der Waals surface area (Å²) in [4.78, 5) is 23.2. The summed E-state index contributed by atoms with van der Waals surface area (Å²) >= 11 is 0. The number of hydrogen-bond donors (Lipinski definition) is 2. The Morgan fingerprint density at radius 3 is 2.12 bits per heavy atom. The van der Waals surface area contributed by atoms with E-state index in [1.807, 2.05) is 27.3 Å². The van der Waals surface area contributed by atoms with Crippen LogP contribution in [0, 0.1) is 0 Å². The molecule has 0 fully saturated rings. The van der Waals surface area contributed by atoms with E-state index in [0.717, 1.165) is 25.3 Å². The number of ether oxygens (including phenoxy) is 2. The van der Waals surface area contributed by atoms with Gasteiger partial charge in [-0.2, -0.15) is 0 Å². The number of nitrogens with one attached hydrogen (secondary N) is 2. The van der Waals surface area contributed by atoms with E-state index < -0.39 is 26.9 Å². The fourth-order valence-corrected chi connectivity index (χ4v) is 4.68. The SMILES string of the molecule is CCCCNC(=O)OC(C)COC(=O)NCCC[Si](C)(OCC)OCC. The molecule has 0 heterocycles. The van der Waals surface area contributed by atoms with Crippen LogP contribution in [0.15, 0.2) is 0 Å². The maximum atomic E-state index is 11.7. The lowest BCUT2D eigenvalue weighted by atomic mass is 10.3. The molecule has 26 heavy (non-hydrogen) atoms. The summed E-state index contributed by atoms with van der Waals surface area (Å²) in [6.45, 7) is 12.0. The first-order valence-electron chi connectivity index (χ1n) is 9.49. The van der Waals surface area contributed by atoms with E-state index in [4.69, 9.17) is 18.3 Å². The van der Waals surface area contributed by atoms with Crippen molar-refractivity contribution in [3.8, 4) is 0 Å². The fourth-order valence-electron chi connectivity index (χ4n) is 2.27. The van der Waals surface area contributed by atoms with Crippen LogP contribution in [-0.2, 0) is 18.3 Å². The van der Waals surface area contributed by atoms with Gasteiger partial charge < -0.3 is 29.0 Å². The highest BCUT2D eigenvalue weighted by Gasteiger charge is 2.29. The summed E-state index contributed by atoms with van der Waals surface area (Å²) in [7, 11) is -2.15. The van der Waals surface area contributed by atoms with Gasteiger partial charge in [-0.1, -0.05) is 13.3 Å². The highest BCUT2D eigenvalue weighted by molar-refractivity contribution is 6.66. The van der Waals surface area contributed by atoms with E-state index in [1.54, 1.807) is 6.92 Å². The van der Waals surface area contributed by atoms with E-state index in [0.29, 0.717) is 26.3 Å². The molecule has 0 bridgehead atoms. The first-order chi connectivity index (χ1) is 12.4. The van der Waals surface area contributed by atoms with Crippen molar-refractivity contribution in [1.29, 1.82) is 0 Å². The van der Waals surface area contributed by atoms with Gasteiger partial charge in [0.1, 0.15) is 12.7 Å². The fraction of sp³-hybridized carbons (Fsp3) is 0.882. The lowest BCUT2D eigenvalue weighted by Gasteiger charge is -2.25. The molecule has 0 rings (SSSR count). The second-order valence-corrected chi connectivity index (χ2v) is 9.47. The largest absolute Gasteiger partial charge is 0.446 e. The van der Waals surface area contributed by atoms with E-state index in [9.17, 15) is 9.59 Å². The maximum Gasteiger partial charge on any atom is 0.407 e. The molecule has 0 aromatic rings. The summed E-state index contributed by atoms with van der Waals surface area (Å²) in [5, 5.41) is 5.33. The van der Waals surface area contributed by atoms with Gasteiger partial charge in [-0.05, 0) is 46.2 Å². The molecule has 0 aliphatic heterocycles. The summed E-state index contributed by atoms with van der Waals surface area (Å²) in [5.74, 6) is 0. The summed E-state index contributed by atoms with van der Waals surface area (Å²) in [5.41, 5.74) is 0. The Morgan fingerprint density at radius 1 is 0.962 bits per heavy atom. The Kier molecular flexibility index (Phi) is 14.1. The van der Waals surface area contributed by atoms with Gasteiger partial charge in [0.05, 0.1) is 0 Å². The van der Waals surface area contributed by atoms with Gasteiger partial charge in [0.2, 0.25) is 0 Å². The number of unbranched alkanes of at least 4 members (excludes halogenated alkanes) is 1. The molecule has 0 aliphatic carbocycles. The van der Waals surface area contributed by atoms with Crippen molar-refractivity contribution in [2.75, 3.05) is 32.9 Å². The number of rotatable bonds is 14. The molecule has 8 nitrogen and oxygen atoms in total. The van der Waals surface area contributed by atoms with Crippen molar-refractivity contribution in [2.45, 2.75) is 65.7 Å². The van der Waals surface area contributed by atoms with Crippen LogP contribution in [0.1, 0.15) is 47.0 Å². The lowest BCUT2D eigenvalue weighted by molar-refractivity contribution is 0.0531. The zero-order valence-corrected chi connectivity index (χ0v) is 17.9. The number of amides is 2. The third-order valence-electron chi connectivity index (χ3n) is 3.53. The van der Waals surface area contributed by atoms with Crippen LogP contribution in [0.3, 0.4) is 0 Å². The first-order valence-corrected chi connectivity index (χ1v) is 12.0. The highest BCUT2D eigenvalue weighted by Crippen LogP contribution is 2.15. The van der Waals surface area contributed by atoms with Crippen LogP contribution in [0.2, 0.25) is 12.6 Å². The minimum Gasteiger partial charge on any atom is -0.446 e. The summed E-state index contributed by atoms with van der Waals surface area (Å²) in [6, 6.07) is 0.798. The highest BCUT2D eigenvalue weighted by atomic mass is 28.4. The van der Waals surface area contributed by atoms with Crippen molar-refractivity contribution >= 4 is 20.7 Å². The standard InChI is InChI=1S/C17H36N2O6Si/c1-6-9-11-19-17(21)25-15(4)14-22-16(20)18-12-10-13-26(5,23-7-2)24-8-3/h15H,6-14H2,1-5H3,(H,18,20)(H,19,21). The zero-order valence-electron chi connectivity index (χ0n) is 16.9. The molecular formula is C17H36N2O6Si. The average Bonchev–Trinajstić information content (AvgIpc) is 2.57. The van der Waals surface area contributed by atoms with Gasteiger partial charge >= 0.3 is 20.7 Å². The Balaban J connectivity index is 3.86. The van der Waals surface area contributed by atoms with Gasteiger partial charge in [-0.15, -0.1) is 0 Å². The number of hydrogen-bond acceptors (Lipinski definition) is 6. The van der Waals surface area contributed by atoms with Crippen LogP contribution in [-0.4, -0.2) is 59.8 Å². The van der Waals surface area contributed by atoms with Crippen LogP contribution >= 0.6 is 0 Å². The molecule has 0 spiro atoms. The monoisotopic (exact) mass is 392 g/mol. The van der Waals surface area contributed by atoms with Crippen molar-refractivity contribution in [3.05, 3.63) is 0 Å². The second-order valence-electron chi connectivity index (χ2n) is 6.12. The van der Waals surface area contributed by atoms with Crippen molar-refractivity contribution in [2.24, 2.45) is 0 Å². The van der Waals surface area contributed by atoms with Crippen LogP contribution in [0.4, 0.5) is 9.59 Å². The molecule has 9 heteroatoms. The Hall–Kier alpha value is -1.32. The molecule has 0 aromatic carbocycles. The summed E-state index contributed by atoms with van der Waals surface area (Å²) < 4.78 is 21.6. The lowest BCUT2D eigenvalue weighted by Crippen LogP contribution is -2.39. The van der Waals surface area contributed by atoms with Gasteiger partial charge in [-0.25, -0.2) is 9.59 Å². The van der Waals surface area contributed by atoms with E-state index in [2.05, 4.69) is 10.6 Å². The molecule has 0 saturated carbocycles. The molecule has 0 aliphatic rings. The first kappa shape index (κ1) is 24.7. The topological polar surface area (TPSA) is 95.1 Å². The maximum absolute atomic E-state index is 11.7. The zero-order chi connectivity index (χ0) is 19.8. The van der Waals surface area contributed by atoms with Crippen LogP contribution in [0.5, 0.6) is 0 Å². The van der Waals surface area contributed by atoms with E-state index >= 15 is 0 Å². The third kappa shape index (κ3) is 13.0. The van der Waals surface area contributed by atoms with Crippen molar-refractivity contribution in [1.82, 2.24) is 10.6 Å². The molecule has 0 radical (unpaired) electrons. The van der Waals surface area contributed by atoms with E-state index in [1.165, 1.54) is 0 Å². The van der Waals surface area contributed by atoms with E-state index in [-0.39, 0.29) is 6.61 Å². The molecule has 1 atom stereocenters. The summed E-state index contributed by atoms with van der Waals surface area (Å²) in [6.07, 6.45) is 1.12. The molecular weight excluding hydrogens is 356 g/mol. The molecule has 2 amide bonds. The van der Waals surface area contributed by atoms with Crippen molar-refractivity contribution in [3.63, 3.8) is 0 Å². The Morgan fingerprint density at radius 2 is 1.54 bits per heavy atom. The Labute approximate surface area is 158 Å². The molecule has 2 N–H and O–H groups in total.